The lowest BCUT2D eigenvalue weighted by Gasteiger charge is -2.23. The van der Waals surface area contributed by atoms with Gasteiger partial charge in [-0.25, -0.2) is 0 Å². The summed E-state index contributed by atoms with van der Waals surface area (Å²) in [6, 6.07) is 0.501. The Morgan fingerprint density at radius 1 is 1.29 bits per heavy atom. The summed E-state index contributed by atoms with van der Waals surface area (Å²) >= 11 is 0. The molecular formula is C10H16N2O2. The SMILES string of the molecule is Cc1noc(C)c1NC1CCOCC1. The molecule has 1 aliphatic rings. The van der Waals surface area contributed by atoms with E-state index in [2.05, 4.69) is 10.5 Å². The maximum Gasteiger partial charge on any atom is 0.157 e. The standard InChI is InChI=1S/C10H16N2O2/c1-7-10(8(2)14-12-7)11-9-3-5-13-6-4-9/h9,11H,3-6H2,1-2H3. The first kappa shape index (κ1) is 9.52. The van der Waals surface area contributed by atoms with Gasteiger partial charge in [-0.2, -0.15) is 0 Å². The van der Waals surface area contributed by atoms with Gasteiger partial charge in [-0.1, -0.05) is 5.16 Å². The Balaban J connectivity index is 2.02. The summed E-state index contributed by atoms with van der Waals surface area (Å²) in [5.41, 5.74) is 1.99. The molecule has 78 valence electrons. The molecule has 0 spiro atoms. The minimum atomic E-state index is 0.501. The van der Waals surface area contributed by atoms with Gasteiger partial charge in [-0.3, -0.25) is 0 Å². The predicted octanol–water partition coefficient (Wildman–Crippen LogP) is 1.88. The molecule has 1 aromatic heterocycles. The molecule has 2 heterocycles. The highest BCUT2D eigenvalue weighted by atomic mass is 16.5. The van der Waals surface area contributed by atoms with E-state index in [-0.39, 0.29) is 0 Å². The number of hydrogen-bond donors (Lipinski definition) is 1. The molecule has 0 aliphatic carbocycles. The van der Waals surface area contributed by atoms with Crippen LogP contribution in [0.4, 0.5) is 5.69 Å². The largest absolute Gasteiger partial charge is 0.381 e. The number of ether oxygens (including phenoxy) is 1. The summed E-state index contributed by atoms with van der Waals surface area (Å²) in [6.45, 7) is 5.59. The molecule has 1 aliphatic heterocycles. The third kappa shape index (κ3) is 1.90. The molecule has 1 N–H and O–H groups in total. The maximum atomic E-state index is 5.30. The van der Waals surface area contributed by atoms with E-state index in [9.17, 15) is 0 Å². The van der Waals surface area contributed by atoms with Crippen molar-refractivity contribution < 1.29 is 9.26 Å². The van der Waals surface area contributed by atoms with Gasteiger partial charge in [0.1, 0.15) is 11.4 Å². The van der Waals surface area contributed by atoms with Crippen molar-refractivity contribution in [3.63, 3.8) is 0 Å². The molecular weight excluding hydrogens is 180 g/mol. The first-order valence-electron chi connectivity index (χ1n) is 5.04. The second-order valence-corrected chi connectivity index (χ2v) is 3.73. The first-order valence-corrected chi connectivity index (χ1v) is 5.04. The van der Waals surface area contributed by atoms with Crippen LogP contribution < -0.4 is 5.32 Å². The molecule has 1 aromatic rings. The molecule has 0 radical (unpaired) electrons. The Bertz CT molecular complexity index is 284. The predicted molar refractivity (Wildman–Crippen MR) is 53.4 cm³/mol. The lowest BCUT2D eigenvalue weighted by molar-refractivity contribution is 0.0904. The molecule has 0 saturated carbocycles. The Kier molecular flexibility index (Phi) is 2.72. The quantitative estimate of drug-likeness (QED) is 0.784. The average molecular weight is 196 g/mol. The summed E-state index contributed by atoms with van der Waals surface area (Å²) in [5.74, 6) is 0.869. The zero-order chi connectivity index (χ0) is 9.97. The van der Waals surface area contributed by atoms with E-state index in [0.29, 0.717) is 6.04 Å². The Morgan fingerprint density at radius 3 is 2.57 bits per heavy atom. The van der Waals surface area contributed by atoms with Crippen molar-refractivity contribution in [1.29, 1.82) is 0 Å². The van der Waals surface area contributed by atoms with Crippen molar-refractivity contribution in [2.24, 2.45) is 0 Å². The first-order chi connectivity index (χ1) is 6.77. The van der Waals surface area contributed by atoms with Gasteiger partial charge in [-0.05, 0) is 26.7 Å². The Hall–Kier alpha value is -1.03. The van der Waals surface area contributed by atoms with Gasteiger partial charge in [0.2, 0.25) is 0 Å². The van der Waals surface area contributed by atoms with Crippen LogP contribution in [0.15, 0.2) is 4.52 Å². The van der Waals surface area contributed by atoms with Crippen LogP contribution in [0.25, 0.3) is 0 Å². The van der Waals surface area contributed by atoms with E-state index in [1.165, 1.54) is 0 Å². The zero-order valence-corrected chi connectivity index (χ0v) is 8.67. The van der Waals surface area contributed by atoms with Crippen LogP contribution in [0.3, 0.4) is 0 Å². The van der Waals surface area contributed by atoms with Crippen LogP contribution in [-0.4, -0.2) is 24.4 Å². The van der Waals surface area contributed by atoms with Gasteiger partial charge in [0.15, 0.2) is 5.76 Å². The van der Waals surface area contributed by atoms with Crippen molar-refractivity contribution in [3.8, 4) is 0 Å². The van der Waals surface area contributed by atoms with Gasteiger partial charge >= 0.3 is 0 Å². The number of anilines is 1. The van der Waals surface area contributed by atoms with Crippen molar-refractivity contribution in [2.75, 3.05) is 18.5 Å². The van der Waals surface area contributed by atoms with E-state index < -0.39 is 0 Å². The number of nitrogens with zero attached hydrogens (tertiary/aromatic N) is 1. The molecule has 4 nitrogen and oxygen atoms in total. The monoisotopic (exact) mass is 196 g/mol. The van der Waals surface area contributed by atoms with Crippen LogP contribution in [0.1, 0.15) is 24.3 Å². The van der Waals surface area contributed by atoms with E-state index in [1.807, 2.05) is 13.8 Å². The highest BCUT2D eigenvalue weighted by Gasteiger charge is 2.17. The van der Waals surface area contributed by atoms with Gasteiger partial charge in [0, 0.05) is 19.3 Å². The number of aryl methyl sites for hydroxylation is 2. The van der Waals surface area contributed by atoms with Gasteiger partial charge in [0.05, 0.1) is 0 Å². The lowest BCUT2D eigenvalue weighted by Crippen LogP contribution is -2.28. The van der Waals surface area contributed by atoms with E-state index in [1.54, 1.807) is 0 Å². The summed E-state index contributed by atoms with van der Waals surface area (Å²) < 4.78 is 10.4. The molecule has 0 atom stereocenters. The molecule has 0 unspecified atom stereocenters. The minimum Gasteiger partial charge on any atom is -0.381 e. The molecule has 14 heavy (non-hydrogen) atoms. The fourth-order valence-corrected chi connectivity index (χ4v) is 1.74. The zero-order valence-electron chi connectivity index (χ0n) is 8.67. The second-order valence-electron chi connectivity index (χ2n) is 3.73. The number of aromatic nitrogens is 1. The van der Waals surface area contributed by atoms with Crippen LogP contribution >= 0.6 is 0 Å². The van der Waals surface area contributed by atoms with Crippen molar-refractivity contribution in [3.05, 3.63) is 11.5 Å². The Morgan fingerprint density at radius 2 is 2.00 bits per heavy atom. The highest BCUT2D eigenvalue weighted by molar-refractivity contribution is 5.50. The highest BCUT2D eigenvalue weighted by Crippen LogP contribution is 2.22. The second kappa shape index (κ2) is 4.00. The topological polar surface area (TPSA) is 47.3 Å². The van der Waals surface area contributed by atoms with Crippen molar-refractivity contribution in [2.45, 2.75) is 32.7 Å². The minimum absolute atomic E-state index is 0.501. The van der Waals surface area contributed by atoms with E-state index >= 15 is 0 Å². The molecule has 2 rings (SSSR count). The molecule has 0 bridgehead atoms. The Labute approximate surface area is 83.6 Å². The van der Waals surface area contributed by atoms with E-state index in [0.717, 1.165) is 43.2 Å². The average Bonchev–Trinajstić information content (AvgIpc) is 2.51. The van der Waals surface area contributed by atoms with E-state index in [4.69, 9.17) is 9.26 Å². The summed E-state index contributed by atoms with van der Waals surface area (Å²) in [4.78, 5) is 0. The van der Waals surface area contributed by atoms with Gasteiger partial charge < -0.3 is 14.6 Å². The normalized spacial score (nSPS) is 18.4. The van der Waals surface area contributed by atoms with Crippen molar-refractivity contribution in [1.82, 2.24) is 5.16 Å². The number of rotatable bonds is 2. The number of nitrogens with one attached hydrogen (secondary N) is 1. The summed E-state index contributed by atoms with van der Waals surface area (Å²) in [7, 11) is 0. The van der Waals surface area contributed by atoms with Crippen LogP contribution in [0, 0.1) is 13.8 Å². The fraction of sp³-hybridized carbons (Fsp3) is 0.700. The van der Waals surface area contributed by atoms with Gasteiger partial charge in [0.25, 0.3) is 0 Å². The smallest absolute Gasteiger partial charge is 0.157 e. The lowest BCUT2D eigenvalue weighted by atomic mass is 10.1. The molecule has 1 fully saturated rings. The third-order valence-electron chi connectivity index (χ3n) is 2.60. The van der Waals surface area contributed by atoms with Crippen LogP contribution in [0.2, 0.25) is 0 Å². The van der Waals surface area contributed by atoms with Gasteiger partial charge in [-0.15, -0.1) is 0 Å². The fourth-order valence-electron chi connectivity index (χ4n) is 1.74. The summed E-state index contributed by atoms with van der Waals surface area (Å²) in [6.07, 6.45) is 2.12. The molecule has 4 heteroatoms. The van der Waals surface area contributed by atoms with Crippen molar-refractivity contribution >= 4 is 5.69 Å². The summed E-state index contributed by atoms with van der Waals surface area (Å²) in [5, 5.41) is 7.37. The van der Waals surface area contributed by atoms with Crippen LogP contribution in [-0.2, 0) is 4.74 Å². The maximum absolute atomic E-state index is 5.30. The molecule has 0 aromatic carbocycles. The number of hydrogen-bond acceptors (Lipinski definition) is 4. The molecule has 1 saturated heterocycles. The molecule has 0 amide bonds. The van der Waals surface area contributed by atoms with Crippen LogP contribution in [0.5, 0.6) is 0 Å². The third-order valence-corrected chi connectivity index (χ3v) is 2.60.